The first kappa shape index (κ1) is 14.6. The van der Waals surface area contributed by atoms with Gasteiger partial charge in [0.2, 0.25) is 11.8 Å². The molecule has 1 aromatic rings. The van der Waals surface area contributed by atoms with Crippen molar-refractivity contribution in [2.75, 3.05) is 17.6 Å². The Morgan fingerprint density at radius 3 is 2.84 bits per heavy atom. The van der Waals surface area contributed by atoms with Crippen LogP contribution in [0.5, 0.6) is 0 Å². The molecule has 0 aliphatic carbocycles. The summed E-state index contributed by atoms with van der Waals surface area (Å²) < 4.78 is 0.414. The molecular weight excluding hydrogens is 327 g/mol. The zero-order chi connectivity index (χ0) is 14.0. The minimum atomic E-state index is -0.373. The SMILES string of the molecule is O=C(CN1C(=O)CSC1=S)Nc1cc(Cl)ccc1Cl. The molecule has 2 rings (SSSR count). The van der Waals surface area contributed by atoms with Crippen molar-refractivity contribution < 1.29 is 9.59 Å². The molecule has 0 radical (unpaired) electrons. The number of amides is 2. The molecule has 1 heterocycles. The van der Waals surface area contributed by atoms with Gasteiger partial charge in [-0.1, -0.05) is 47.2 Å². The summed E-state index contributed by atoms with van der Waals surface area (Å²) in [5, 5.41) is 3.44. The van der Waals surface area contributed by atoms with Crippen molar-refractivity contribution in [1.82, 2.24) is 4.90 Å². The van der Waals surface area contributed by atoms with Gasteiger partial charge in [0.25, 0.3) is 0 Å². The number of carbonyl (C=O) groups is 2. The van der Waals surface area contributed by atoms with Gasteiger partial charge < -0.3 is 5.32 Å². The van der Waals surface area contributed by atoms with E-state index in [0.29, 0.717) is 20.1 Å². The Morgan fingerprint density at radius 1 is 1.47 bits per heavy atom. The van der Waals surface area contributed by atoms with E-state index < -0.39 is 0 Å². The van der Waals surface area contributed by atoms with Gasteiger partial charge in [0, 0.05) is 5.02 Å². The van der Waals surface area contributed by atoms with Crippen molar-refractivity contribution in [3.05, 3.63) is 28.2 Å². The van der Waals surface area contributed by atoms with Crippen LogP contribution in [0.2, 0.25) is 10.0 Å². The summed E-state index contributed by atoms with van der Waals surface area (Å²) in [5.41, 5.74) is 0.407. The second-order valence-corrected chi connectivity index (χ2v) is 6.16. The average molecular weight is 335 g/mol. The van der Waals surface area contributed by atoms with E-state index in [1.54, 1.807) is 18.2 Å². The number of thiocarbonyl (C=S) groups is 1. The van der Waals surface area contributed by atoms with Gasteiger partial charge in [0.05, 0.1) is 16.5 Å². The second-order valence-electron chi connectivity index (χ2n) is 3.71. The molecule has 1 aliphatic heterocycles. The van der Waals surface area contributed by atoms with Crippen LogP contribution in [0.4, 0.5) is 5.69 Å². The van der Waals surface area contributed by atoms with Crippen LogP contribution >= 0.6 is 47.2 Å². The molecule has 19 heavy (non-hydrogen) atoms. The Balaban J connectivity index is 2.03. The normalized spacial score (nSPS) is 14.9. The molecule has 1 saturated heterocycles. The molecule has 0 saturated carbocycles. The molecule has 2 amide bonds. The fourth-order valence-corrected chi connectivity index (χ4v) is 2.87. The monoisotopic (exact) mass is 334 g/mol. The molecule has 1 N–H and O–H groups in total. The van der Waals surface area contributed by atoms with Crippen LogP contribution in [-0.2, 0) is 9.59 Å². The second kappa shape index (κ2) is 6.09. The van der Waals surface area contributed by atoms with Crippen LogP contribution < -0.4 is 5.32 Å². The van der Waals surface area contributed by atoms with E-state index >= 15 is 0 Å². The Bertz CT molecular complexity index is 550. The van der Waals surface area contributed by atoms with Crippen molar-refractivity contribution in [3.8, 4) is 0 Å². The highest BCUT2D eigenvalue weighted by atomic mass is 35.5. The number of thioether (sulfide) groups is 1. The highest BCUT2D eigenvalue weighted by Gasteiger charge is 2.28. The first-order valence-corrected chi connectivity index (χ1v) is 7.34. The molecule has 4 nitrogen and oxygen atoms in total. The summed E-state index contributed by atoms with van der Waals surface area (Å²) in [7, 11) is 0. The van der Waals surface area contributed by atoms with E-state index in [1.165, 1.54) is 16.7 Å². The van der Waals surface area contributed by atoms with Crippen LogP contribution in [0.15, 0.2) is 18.2 Å². The standard InChI is InChI=1S/C11H8Cl2N2O2S2/c12-6-1-2-7(13)8(3-6)14-9(16)4-15-10(17)5-19-11(15)18/h1-3H,4-5H2,(H,14,16). The molecule has 1 aromatic carbocycles. The quantitative estimate of drug-likeness (QED) is 0.863. The van der Waals surface area contributed by atoms with Gasteiger partial charge >= 0.3 is 0 Å². The molecule has 0 atom stereocenters. The summed E-state index contributed by atoms with van der Waals surface area (Å²) >= 11 is 18.0. The lowest BCUT2D eigenvalue weighted by molar-refractivity contribution is -0.127. The predicted molar refractivity (Wildman–Crippen MR) is 81.9 cm³/mol. The number of nitrogens with one attached hydrogen (secondary N) is 1. The van der Waals surface area contributed by atoms with E-state index in [0.717, 1.165) is 0 Å². The van der Waals surface area contributed by atoms with E-state index in [-0.39, 0.29) is 24.1 Å². The van der Waals surface area contributed by atoms with Gasteiger partial charge in [0.15, 0.2) is 0 Å². The van der Waals surface area contributed by atoms with Crippen LogP contribution in [0.1, 0.15) is 0 Å². The topological polar surface area (TPSA) is 49.4 Å². The highest BCUT2D eigenvalue weighted by Crippen LogP contribution is 2.25. The van der Waals surface area contributed by atoms with Gasteiger partial charge in [-0.3, -0.25) is 14.5 Å². The number of carbonyl (C=O) groups excluding carboxylic acids is 2. The number of halogens is 2. The van der Waals surface area contributed by atoms with Crippen LogP contribution in [-0.4, -0.2) is 33.3 Å². The van der Waals surface area contributed by atoms with Gasteiger partial charge in [-0.25, -0.2) is 0 Å². The van der Waals surface area contributed by atoms with E-state index in [2.05, 4.69) is 5.32 Å². The Hall–Kier alpha value is -0.820. The largest absolute Gasteiger partial charge is 0.323 e. The van der Waals surface area contributed by atoms with Crippen LogP contribution in [0.3, 0.4) is 0 Å². The van der Waals surface area contributed by atoms with Crippen LogP contribution in [0, 0.1) is 0 Å². The predicted octanol–water partition coefficient (Wildman–Crippen LogP) is 2.79. The highest BCUT2D eigenvalue weighted by molar-refractivity contribution is 8.23. The third-order valence-corrected chi connectivity index (χ3v) is 4.34. The average Bonchev–Trinajstić information content (AvgIpc) is 2.65. The first-order valence-electron chi connectivity index (χ1n) is 5.19. The minimum absolute atomic E-state index is 0.118. The number of nitrogens with zero attached hydrogens (tertiary/aromatic N) is 1. The lowest BCUT2D eigenvalue weighted by Gasteiger charge is -2.15. The smallest absolute Gasteiger partial charge is 0.244 e. The number of anilines is 1. The summed E-state index contributed by atoms with van der Waals surface area (Å²) in [6, 6.07) is 4.75. The van der Waals surface area contributed by atoms with Crippen molar-refractivity contribution in [2.45, 2.75) is 0 Å². The van der Waals surface area contributed by atoms with Crippen molar-refractivity contribution in [2.24, 2.45) is 0 Å². The van der Waals surface area contributed by atoms with E-state index in [1.807, 2.05) is 0 Å². The van der Waals surface area contributed by atoms with E-state index in [4.69, 9.17) is 35.4 Å². The summed E-state index contributed by atoms with van der Waals surface area (Å²) in [6.07, 6.45) is 0. The maximum Gasteiger partial charge on any atom is 0.244 e. The molecule has 0 bridgehead atoms. The summed E-state index contributed by atoms with van der Waals surface area (Å²) in [4.78, 5) is 24.6. The number of hydrogen-bond donors (Lipinski definition) is 1. The molecule has 1 aliphatic rings. The Kier molecular flexibility index (Phi) is 4.67. The van der Waals surface area contributed by atoms with Crippen molar-refractivity contribution >= 4 is 69.0 Å². The summed E-state index contributed by atoms with van der Waals surface area (Å²) in [6.45, 7) is -0.118. The van der Waals surface area contributed by atoms with Crippen molar-refractivity contribution in [1.29, 1.82) is 0 Å². The molecule has 0 spiro atoms. The molecule has 0 unspecified atom stereocenters. The minimum Gasteiger partial charge on any atom is -0.323 e. The molecular formula is C11H8Cl2N2O2S2. The van der Waals surface area contributed by atoms with Gasteiger partial charge in [0.1, 0.15) is 10.9 Å². The maximum atomic E-state index is 11.8. The first-order chi connectivity index (χ1) is 8.97. The van der Waals surface area contributed by atoms with Crippen molar-refractivity contribution in [3.63, 3.8) is 0 Å². The number of rotatable bonds is 3. The number of hydrogen-bond acceptors (Lipinski definition) is 4. The lowest BCUT2D eigenvalue weighted by Crippen LogP contribution is -2.36. The maximum absolute atomic E-state index is 11.8. The molecule has 1 fully saturated rings. The molecule has 8 heteroatoms. The number of benzene rings is 1. The lowest BCUT2D eigenvalue weighted by atomic mass is 10.3. The fourth-order valence-electron chi connectivity index (χ4n) is 1.46. The van der Waals surface area contributed by atoms with Gasteiger partial charge in [-0.2, -0.15) is 0 Å². The third-order valence-electron chi connectivity index (χ3n) is 2.34. The Labute approximate surface area is 129 Å². The molecule has 100 valence electrons. The third kappa shape index (κ3) is 3.60. The van der Waals surface area contributed by atoms with Crippen LogP contribution in [0.25, 0.3) is 0 Å². The summed E-state index contributed by atoms with van der Waals surface area (Å²) in [5.74, 6) is -0.256. The van der Waals surface area contributed by atoms with E-state index in [9.17, 15) is 9.59 Å². The zero-order valence-corrected chi connectivity index (χ0v) is 12.6. The van der Waals surface area contributed by atoms with Gasteiger partial charge in [-0.15, -0.1) is 0 Å². The molecule has 0 aromatic heterocycles. The fraction of sp³-hybridized carbons (Fsp3) is 0.182. The van der Waals surface area contributed by atoms with Gasteiger partial charge in [-0.05, 0) is 18.2 Å². The Morgan fingerprint density at radius 2 is 2.21 bits per heavy atom. The zero-order valence-electron chi connectivity index (χ0n) is 9.48.